The smallest absolute Gasteiger partial charge is 0.175 e. The van der Waals surface area contributed by atoms with Crippen molar-refractivity contribution in [2.75, 3.05) is 13.4 Å². The average Bonchev–Trinajstić information content (AvgIpc) is 2.46. The van der Waals surface area contributed by atoms with E-state index in [2.05, 4.69) is 0 Å². The lowest BCUT2D eigenvalue weighted by Crippen LogP contribution is -2.04. The Balaban J connectivity index is 2.16. The lowest BCUT2D eigenvalue weighted by molar-refractivity contribution is 0.0993. The quantitative estimate of drug-likeness (QED) is 0.796. The summed E-state index contributed by atoms with van der Waals surface area (Å²) < 4.78 is 27.9. The van der Waals surface area contributed by atoms with Crippen molar-refractivity contribution in [2.24, 2.45) is 0 Å². The second-order valence-electron chi connectivity index (χ2n) is 4.75. The Bertz CT molecular complexity index is 746. The molecule has 0 atom stereocenters. The molecule has 4 nitrogen and oxygen atoms in total. The van der Waals surface area contributed by atoms with Gasteiger partial charge in [0.2, 0.25) is 0 Å². The number of benzene rings is 2. The Labute approximate surface area is 124 Å². The molecule has 0 fully saturated rings. The van der Waals surface area contributed by atoms with Crippen LogP contribution >= 0.6 is 0 Å². The molecule has 110 valence electrons. The highest BCUT2D eigenvalue weighted by Gasteiger charge is 2.11. The number of ketones is 1. The first-order valence-electron chi connectivity index (χ1n) is 6.36. The van der Waals surface area contributed by atoms with Gasteiger partial charge in [-0.2, -0.15) is 0 Å². The van der Waals surface area contributed by atoms with E-state index in [0.29, 0.717) is 11.3 Å². The second kappa shape index (κ2) is 6.10. The maximum Gasteiger partial charge on any atom is 0.175 e. The van der Waals surface area contributed by atoms with E-state index in [-0.39, 0.29) is 17.1 Å². The van der Waals surface area contributed by atoms with Crippen LogP contribution in [0.1, 0.15) is 15.9 Å². The van der Waals surface area contributed by atoms with E-state index in [4.69, 9.17) is 4.74 Å². The number of methoxy groups -OCH3 is 1. The van der Waals surface area contributed by atoms with Crippen LogP contribution in [0.15, 0.2) is 53.4 Å². The zero-order valence-electron chi connectivity index (χ0n) is 11.9. The molecule has 2 aromatic rings. The third-order valence-corrected chi connectivity index (χ3v) is 4.23. The van der Waals surface area contributed by atoms with Crippen LogP contribution in [0.4, 0.5) is 0 Å². The van der Waals surface area contributed by atoms with Gasteiger partial charge >= 0.3 is 0 Å². The molecule has 0 aliphatic rings. The number of sulfone groups is 1. The predicted molar refractivity (Wildman–Crippen MR) is 80.6 cm³/mol. The lowest BCUT2D eigenvalue weighted by Gasteiger charge is -2.05. The van der Waals surface area contributed by atoms with Crippen LogP contribution in [0, 0.1) is 0 Å². The lowest BCUT2D eigenvalue weighted by atomic mass is 10.0. The van der Waals surface area contributed by atoms with Gasteiger partial charge in [-0.25, -0.2) is 8.42 Å². The first kappa shape index (κ1) is 15.3. The molecule has 0 bridgehead atoms. The summed E-state index contributed by atoms with van der Waals surface area (Å²) in [5, 5.41) is 0. The topological polar surface area (TPSA) is 60.4 Å². The average molecular weight is 304 g/mol. The van der Waals surface area contributed by atoms with Gasteiger partial charge in [0.05, 0.1) is 12.0 Å². The maximum atomic E-state index is 12.2. The fraction of sp³-hybridized carbons (Fsp3) is 0.188. The number of carbonyl (C=O) groups is 1. The van der Waals surface area contributed by atoms with Crippen LogP contribution in [0.5, 0.6) is 5.75 Å². The largest absolute Gasteiger partial charge is 0.497 e. The van der Waals surface area contributed by atoms with Gasteiger partial charge in [0.25, 0.3) is 0 Å². The number of ether oxygens (including phenoxy) is 1. The number of hydrogen-bond acceptors (Lipinski definition) is 4. The maximum absolute atomic E-state index is 12.2. The van der Waals surface area contributed by atoms with Crippen LogP contribution in [-0.4, -0.2) is 27.6 Å². The highest BCUT2D eigenvalue weighted by molar-refractivity contribution is 7.90. The molecular formula is C16H16O4S. The van der Waals surface area contributed by atoms with Gasteiger partial charge in [0, 0.05) is 18.2 Å². The van der Waals surface area contributed by atoms with Crippen molar-refractivity contribution >= 4 is 15.6 Å². The number of carbonyl (C=O) groups excluding carboxylic acids is 1. The summed E-state index contributed by atoms with van der Waals surface area (Å²) in [6.45, 7) is 0. The Morgan fingerprint density at radius 1 is 1.10 bits per heavy atom. The predicted octanol–water partition coefficient (Wildman–Crippen LogP) is 2.52. The number of Topliss-reactive ketones (excluding diaryl/α,β-unsaturated/α-hetero) is 1. The standard InChI is InChI=1S/C16H16O4S/c1-20-14-5-3-4-12(10-14)11-16(17)13-6-8-15(9-7-13)21(2,18)19/h3-10H,11H2,1-2H3. The van der Waals surface area contributed by atoms with Crippen molar-refractivity contribution in [1.29, 1.82) is 0 Å². The first-order chi connectivity index (χ1) is 9.90. The van der Waals surface area contributed by atoms with Crippen molar-refractivity contribution in [2.45, 2.75) is 11.3 Å². The molecule has 0 aromatic heterocycles. The van der Waals surface area contributed by atoms with Crippen LogP contribution in [0.25, 0.3) is 0 Å². The summed E-state index contributed by atoms with van der Waals surface area (Å²) >= 11 is 0. The Morgan fingerprint density at radius 3 is 2.33 bits per heavy atom. The summed E-state index contributed by atoms with van der Waals surface area (Å²) in [4.78, 5) is 12.4. The van der Waals surface area contributed by atoms with Crippen LogP contribution in [-0.2, 0) is 16.3 Å². The molecule has 2 rings (SSSR count). The van der Waals surface area contributed by atoms with Gasteiger partial charge in [-0.3, -0.25) is 4.79 Å². The van der Waals surface area contributed by atoms with E-state index in [1.807, 2.05) is 24.3 Å². The molecule has 21 heavy (non-hydrogen) atoms. The molecule has 2 aromatic carbocycles. The van der Waals surface area contributed by atoms with Crippen molar-refractivity contribution in [3.8, 4) is 5.75 Å². The zero-order valence-corrected chi connectivity index (χ0v) is 12.7. The molecule has 0 saturated heterocycles. The molecule has 0 aliphatic carbocycles. The van der Waals surface area contributed by atoms with Gasteiger partial charge in [0.15, 0.2) is 15.6 Å². The molecule has 0 amide bonds. The van der Waals surface area contributed by atoms with Crippen LogP contribution in [0.2, 0.25) is 0 Å². The van der Waals surface area contributed by atoms with E-state index >= 15 is 0 Å². The van der Waals surface area contributed by atoms with E-state index in [0.717, 1.165) is 11.8 Å². The summed E-state index contributed by atoms with van der Waals surface area (Å²) in [7, 11) is -1.67. The fourth-order valence-electron chi connectivity index (χ4n) is 1.96. The molecule has 0 heterocycles. The first-order valence-corrected chi connectivity index (χ1v) is 8.25. The van der Waals surface area contributed by atoms with Crippen molar-refractivity contribution in [1.82, 2.24) is 0 Å². The van der Waals surface area contributed by atoms with Gasteiger partial charge in [-0.05, 0) is 29.8 Å². The molecule has 0 aliphatic heterocycles. The molecule has 0 N–H and O–H groups in total. The Hall–Kier alpha value is -2.14. The molecule has 5 heteroatoms. The van der Waals surface area contributed by atoms with E-state index < -0.39 is 9.84 Å². The normalized spacial score (nSPS) is 11.1. The summed E-state index contributed by atoms with van der Waals surface area (Å²) in [5.41, 5.74) is 1.34. The molecule has 0 saturated carbocycles. The number of hydrogen-bond donors (Lipinski definition) is 0. The fourth-order valence-corrected chi connectivity index (χ4v) is 2.59. The third kappa shape index (κ3) is 3.92. The second-order valence-corrected chi connectivity index (χ2v) is 6.76. The van der Waals surface area contributed by atoms with Crippen molar-refractivity contribution in [3.63, 3.8) is 0 Å². The highest BCUT2D eigenvalue weighted by atomic mass is 32.2. The Kier molecular flexibility index (Phi) is 4.43. The minimum Gasteiger partial charge on any atom is -0.497 e. The highest BCUT2D eigenvalue weighted by Crippen LogP contribution is 2.16. The van der Waals surface area contributed by atoms with Gasteiger partial charge in [0.1, 0.15) is 5.75 Å². The summed E-state index contributed by atoms with van der Waals surface area (Å²) in [6, 6.07) is 13.3. The molecular weight excluding hydrogens is 288 g/mol. The van der Waals surface area contributed by atoms with Gasteiger partial charge in [-0.15, -0.1) is 0 Å². The minimum absolute atomic E-state index is 0.0664. The van der Waals surface area contributed by atoms with Crippen molar-refractivity contribution < 1.29 is 17.9 Å². The van der Waals surface area contributed by atoms with E-state index in [1.165, 1.54) is 12.1 Å². The van der Waals surface area contributed by atoms with Gasteiger partial charge in [-0.1, -0.05) is 24.3 Å². The summed E-state index contributed by atoms with van der Waals surface area (Å²) in [5.74, 6) is 0.635. The SMILES string of the molecule is COc1cccc(CC(=O)c2ccc(S(C)(=O)=O)cc2)c1. The van der Waals surface area contributed by atoms with Crippen molar-refractivity contribution in [3.05, 3.63) is 59.7 Å². The molecule has 0 spiro atoms. The van der Waals surface area contributed by atoms with Gasteiger partial charge < -0.3 is 4.74 Å². The molecule has 0 unspecified atom stereocenters. The number of rotatable bonds is 5. The third-order valence-electron chi connectivity index (χ3n) is 3.10. The zero-order chi connectivity index (χ0) is 15.5. The molecule has 0 radical (unpaired) electrons. The van der Waals surface area contributed by atoms with Crippen LogP contribution < -0.4 is 4.74 Å². The summed E-state index contributed by atoms with van der Waals surface area (Å²) in [6.07, 6.45) is 1.38. The van der Waals surface area contributed by atoms with E-state index in [1.54, 1.807) is 19.2 Å². The minimum atomic E-state index is -3.24. The monoisotopic (exact) mass is 304 g/mol. The van der Waals surface area contributed by atoms with E-state index in [9.17, 15) is 13.2 Å². The Morgan fingerprint density at radius 2 is 1.76 bits per heavy atom. The van der Waals surface area contributed by atoms with Crippen LogP contribution in [0.3, 0.4) is 0 Å².